The van der Waals surface area contributed by atoms with E-state index in [-0.39, 0.29) is 4.21 Å². The van der Waals surface area contributed by atoms with E-state index in [1.165, 1.54) is 6.07 Å². The normalized spacial score (nSPS) is 11.4. The van der Waals surface area contributed by atoms with Crippen molar-refractivity contribution in [2.24, 2.45) is 0 Å². The van der Waals surface area contributed by atoms with Gasteiger partial charge in [0.05, 0.1) is 14.2 Å². The number of sulfonamides is 1. The third-order valence-electron chi connectivity index (χ3n) is 2.65. The van der Waals surface area contributed by atoms with Crippen LogP contribution in [0.25, 0.3) is 0 Å². The van der Waals surface area contributed by atoms with Crippen LogP contribution >= 0.6 is 11.3 Å². The van der Waals surface area contributed by atoms with E-state index in [4.69, 9.17) is 0 Å². The van der Waals surface area contributed by atoms with Gasteiger partial charge in [0, 0.05) is 4.88 Å². The molecule has 0 N–H and O–H groups in total. The highest BCUT2D eigenvalue weighted by atomic mass is 32.2. The molecule has 0 aliphatic rings. The summed E-state index contributed by atoms with van der Waals surface area (Å²) in [6.07, 6.45) is 0.703. The third kappa shape index (κ3) is 4.51. The molecule has 0 aliphatic heterocycles. The number of hydrogen-bond acceptors (Lipinski definition) is 7. The van der Waals surface area contributed by atoms with Gasteiger partial charge in [-0.05, 0) is 18.6 Å². The molecule has 1 rings (SSSR count). The van der Waals surface area contributed by atoms with Crippen LogP contribution in [0.3, 0.4) is 0 Å². The number of hydrogen-bond donors (Lipinski definition) is 0. The fourth-order valence-corrected chi connectivity index (χ4v) is 4.24. The smallest absolute Gasteiger partial charge is 0.321 e. The van der Waals surface area contributed by atoms with Crippen LogP contribution in [0.2, 0.25) is 0 Å². The molecule has 0 aromatic carbocycles. The molecule has 0 amide bonds. The Balaban J connectivity index is 3.09. The zero-order valence-electron chi connectivity index (χ0n) is 12.0. The van der Waals surface area contributed by atoms with Crippen molar-refractivity contribution in [2.75, 3.05) is 27.3 Å². The highest BCUT2D eigenvalue weighted by molar-refractivity contribution is 7.91. The summed E-state index contributed by atoms with van der Waals surface area (Å²) >= 11 is 1.10. The van der Waals surface area contributed by atoms with Crippen molar-refractivity contribution in [3.8, 4) is 0 Å². The van der Waals surface area contributed by atoms with Crippen molar-refractivity contribution in [2.45, 2.75) is 17.6 Å². The maximum Gasteiger partial charge on any atom is 0.321 e. The van der Waals surface area contributed by atoms with Gasteiger partial charge in [0.15, 0.2) is 0 Å². The number of nitrogens with zero attached hydrogens (tertiary/aromatic N) is 1. The minimum Gasteiger partial charge on any atom is -0.468 e. The Labute approximate surface area is 127 Å². The van der Waals surface area contributed by atoms with Crippen LogP contribution in [0.4, 0.5) is 0 Å². The molecule has 7 nitrogen and oxygen atoms in total. The number of aryl methyl sites for hydroxylation is 1. The average Bonchev–Trinajstić information content (AvgIpc) is 2.95. The van der Waals surface area contributed by atoms with Crippen LogP contribution < -0.4 is 0 Å². The maximum atomic E-state index is 12.5. The predicted molar refractivity (Wildman–Crippen MR) is 76.5 cm³/mol. The summed E-state index contributed by atoms with van der Waals surface area (Å²) in [5.74, 6) is -1.51. The number of methoxy groups -OCH3 is 2. The first-order valence-corrected chi connectivity index (χ1v) is 8.33. The fraction of sp³-hybridized carbons (Fsp3) is 0.500. The molecule has 0 atom stereocenters. The lowest BCUT2D eigenvalue weighted by Gasteiger charge is -2.18. The van der Waals surface area contributed by atoms with Crippen molar-refractivity contribution in [3.63, 3.8) is 0 Å². The van der Waals surface area contributed by atoms with E-state index >= 15 is 0 Å². The van der Waals surface area contributed by atoms with Crippen LogP contribution in [0.5, 0.6) is 0 Å². The van der Waals surface area contributed by atoms with E-state index < -0.39 is 35.1 Å². The van der Waals surface area contributed by atoms with Gasteiger partial charge in [-0.2, -0.15) is 4.31 Å². The van der Waals surface area contributed by atoms with Crippen molar-refractivity contribution >= 4 is 33.3 Å². The SMILES string of the molecule is CCc1ccc(S(=O)(=O)N(CC(=O)OC)CC(=O)OC)s1. The summed E-state index contributed by atoms with van der Waals surface area (Å²) in [6, 6.07) is 3.16. The second-order valence-electron chi connectivity index (χ2n) is 4.00. The van der Waals surface area contributed by atoms with Gasteiger partial charge in [0.2, 0.25) is 0 Å². The molecule has 1 aromatic rings. The van der Waals surface area contributed by atoms with E-state index in [0.29, 0.717) is 6.42 Å². The zero-order chi connectivity index (χ0) is 16.0. The van der Waals surface area contributed by atoms with Crippen molar-refractivity contribution < 1.29 is 27.5 Å². The van der Waals surface area contributed by atoms with E-state index in [0.717, 1.165) is 34.7 Å². The fourth-order valence-electron chi connectivity index (χ4n) is 1.46. The Morgan fingerprint density at radius 3 is 2.05 bits per heavy atom. The molecule has 0 radical (unpaired) electrons. The monoisotopic (exact) mass is 335 g/mol. The number of ether oxygens (including phenoxy) is 2. The Morgan fingerprint density at radius 1 is 1.14 bits per heavy atom. The standard InChI is InChI=1S/C12H17NO6S2/c1-4-9-5-6-12(20-9)21(16,17)13(7-10(14)18-2)8-11(15)19-3/h5-6H,4,7-8H2,1-3H3. The van der Waals surface area contributed by atoms with E-state index in [1.54, 1.807) is 6.07 Å². The predicted octanol–water partition coefficient (Wildman–Crippen LogP) is 0.647. The average molecular weight is 335 g/mol. The largest absolute Gasteiger partial charge is 0.468 e. The molecule has 21 heavy (non-hydrogen) atoms. The molecule has 0 unspecified atom stereocenters. The van der Waals surface area contributed by atoms with Crippen molar-refractivity contribution in [3.05, 3.63) is 17.0 Å². The van der Waals surface area contributed by atoms with Gasteiger partial charge >= 0.3 is 11.9 Å². The number of rotatable bonds is 7. The molecule has 0 saturated carbocycles. The quantitative estimate of drug-likeness (QED) is 0.680. The van der Waals surface area contributed by atoms with E-state index in [2.05, 4.69) is 9.47 Å². The topological polar surface area (TPSA) is 90.0 Å². The van der Waals surface area contributed by atoms with Crippen molar-refractivity contribution in [1.29, 1.82) is 0 Å². The lowest BCUT2D eigenvalue weighted by molar-refractivity contribution is -0.143. The van der Waals surface area contributed by atoms with Gasteiger partial charge < -0.3 is 9.47 Å². The summed E-state index contributed by atoms with van der Waals surface area (Å²) in [5, 5.41) is 0. The maximum absolute atomic E-state index is 12.5. The summed E-state index contributed by atoms with van der Waals surface area (Å²) in [6.45, 7) is 0.809. The van der Waals surface area contributed by atoms with Crippen LogP contribution in [0.1, 0.15) is 11.8 Å². The van der Waals surface area contributed by atoms with Crippen LogP contribution in [0.15, 0.2) is 16.3 Å². The first-order valence-electron chi connectivity index (χ1n) is 6.07. The van der Waals surface area contributed by atoms with Gasteiger partial charge in [-0.1, -0.05) is 6.92 Å². The van der Waals surface area contributed by atoms with Gasteiger partial charge in [-0.3, -0.25) is 9.59 Å². The van der Waals surface area contributed by atoms with E-state index in [1.807, 2.05) is 6.92 Å². The minimum absolute atomic E-state index is 0.0761. The van der Waals surface area contributed by atoms with Crippen LogP contribution in [-0.4, -0.2) is 52.0 Å². The van der Waals surface area contributed by atoms with Crippen molar-refractivity contribution in [1.82, 2.24) is 4.31 Å². The molecule has 9 heteroatoms. The van der Waals surface area contributed by atoms with Gasteiger partial charge in [0.25, 0.3) is 10.0 Å². The number of carbonyl (C=O) groups excluding carboxylic acids is 2. The third-order valence-corrected chi connectivity index (χ3v) is 6.13. The Morgan fingerprint density at radius 2 is 1.67 bits per heavy atom. The lowest BCUT2D eigenvalue weighted by Crippen LogP contribution is -2.39. The van der Waals surface area contributed by atoms with Gasteiger partial charge in [-0.15, -0.1) is 11.3 Å². The first-order chi connectivity index (χ1) is 9.84. The Kier molecular flexibility index (Phi) is 6.31. The summed E-state index contributed by atoms with van der Waals surface area (Å²) in [7, 11) is -1.66. The first kappa shape index (κ1) is 17.6. The molecule has 0 spiro atoms. The number of carbonyl (C=O) groups is 2. The van der Waals surface area contributed by atoms with E-state index in [9.17, 15) is 18.0 Å². The molecule has 1 heterocycles. The van der Waals surface area contributed by atoms with Crippen LogP contribution in [0, 0.1) is 0 Å². The Hall–Kier alpha value is -1.45. The van der Waals surface area contributed by atoms with Gasteiger partial charge in [0.1, 0.15) is 17.3 Å². The number of esters is 2. The summed E-state index contributed by atoms with van der Waals surface area (Å²) < 4.78 is 34.7. The Bertz CT molecular complexity index is 589. The molecular formula is C12H17NO6S2. The van der Waals surface area contributed by atoms with Crippen LogP contribution in [-0.2, 0) is 35.5 Å². The number of thiophene rings is 1. The molecule has 0 saturated heterocycles. The zero-order valence-corrected chi connectivity index (χ0v) is 13.6. The minimum atomic E-state index is -3.95. The van der Waals surface area contributed by atoms with Gasteiger partial charge in [-0.25, -0.2) is 8.42 Å². The molecule has 0 aliphatic carbocycles. The summed E-state index contributed by atoms with van der Waals surface area (Å²) in [4.78, 5) is 23.6. The second kappa shape index (κ2) is 7.53. The second-order valence-corrected chi connectivity index (χ2v) is 7.33. The molecular weight excluding hydrogens is 318 g/mol. The molecule has 1 aromatic heterocycles. The summed E-state index contributed by atoms with van der Waals surface area (Å²) in [5.41, 5.74) is 0. The molecule has 118 valence electrons. The highest BCUT2D eigenvalue weighted by Crippen LogP contribution is 2.25. The highest BCUT2D eigenvalue weighted by Gasteiger charge is 2.30. The molecule has 0 fully saturated rings. The molecule has 0 bridgehead atoms. The lowest BCUT2D eigenvalue weighted by atomic mass is 10.4.